The van der Waals surface area contributed by atoms with Gasteiger partial charge in [0.1, 0.15) is 34.5 Å². The molecule has 8 nitrogen and oxygen atoms in total. The van der Waals surface area contributed by atoms with Crippen molar-refractivity contribution >= 4 is 15.6 Å². The Labute approximate surface area is 312 Å². The third-order valence-electron chi connectivity index (χ3n) is 7.54. The first-order valence-corrected chi connectivity index (χ1v) is 20.4. The summed E-state index contributed by atoms with van der Waals surface area (Å²) in [7, 11) is -7.85. The summed E-state index contributed by atoms with van der Waals surface area (Å²) >= 11 is 0. The van der Waals surface area contributed by atoms with Gasteiger partial charge in [0.2, 0.25) is 0 Å². The zero-order valence-corrected chi connectivity index (χ0v) is 31.8. The molecule has 0 N–H and O–H groups in total. The molecule has 274 valence electrons. The quantitative estimate of drug-likeness (QED) is 0.0903. The second-order valence-electron chi connectivity index (χ2n) is 12.2. The van der Waals surface area contributed by atoms with Gasteiger partial charge in [0, 0.05) is 0 Å². The summed E-state index contributed by atoms with van der Waals surface area (Å²) in [6, 6.07) is 50.4. The van der Waals surface area contributed by atoms with Crippen LogP contribution >= 0.6 is 15.6 Å². The van der Waals surface area contributed by atoms with Crippen LogP contribution in [0.1, 0.15) is 50.7 Å². The van der Waals surface area contributed by atoms with Gasteiger partial charge in [-0.3, -0.25) is 0 Å². The predicted octanol–water partition coefficient (Wildman–Crippen LogP) is 13.1. The van der Waals surface area contributed by atoms with Gasteiger partial charge in [-0.15, -0.1) is 0 Å². The van der Waals surface area contributed by atoms with E-state index < -0.39 is 15.6 Å². The average Bonchev–Trinajstić information content (AvgIpc) is 3.16. The minimum atomic E-state index is -3.93. The topological polar surface area (TPSA) is 89.5 Å². The monoisotopic (exact) mass is 750 g/mol. The Hall–Kier alpha value is -5.42. The highest BCUT2D eigenvalue weighted by atomic mass is 31.2. The average molecular weight is 751 g/mol. The minimum Gasteiger partial charge on any atom is -0.386 e. The first kappa shape index (κ1) is 38.8. The van der Waals surface area contributed by atoms with Crippen molar-refractivity contribution < 1.29 is 36.3 Å². The van der Waals surface area contributed by atoms with Crippen LogP contribution in [-0.4, -0.2) is 0 Å². The van der Waals surface area contributed by atoms with Crippen LogP contribution in [0.3, 0.4) is 0 Å². The van der Waals surface area contributed by atoms with Gasteiger partial charge in [-0.2, -0.15) is 9.13 Å². The number of benzene rings is 6. The van der Waals surface area contributed by atoms with E-state index in [1.807, 2.05) is 54.6 Å². The van der Waals surface area contributed by atoms with Crippen molar-refractivity contribution in [2.75, 3.05) is 0 Å². The van der Waals surface area contributed by atoms with Crippen molar-refractivity contribution in [1.29, 1.82) is 0 Å². The summed E-state index contributed by atoms with van der Waals surface area (Å²) in [5.41, 5.74) is 2.29. The summed E-state index contributed by atoms with van der Waals surface area (Å²) in [6.45, 7) is 6.37. The Bertz CT molecular complexity index is 1950. The molecule has 0 fully saturated rings. The van der Waals surface area contributed by atoms with E-state index in [0.29, 0.717) is 40.4 Å². The molecule has 0 atom stereocenters. The highest BCUT2D eigenvalue weighted by molar-refractivity contribution is 7.50. The number of aryl methyl sites for hydroxylation is 1. The third-order valence-corrected chi connectivity index (χ3v) is 10.1. The zero-order chi connectivity index (χ0) is 37.4. The third kappa shape index (κ3) is 12.9. The van der Waals surface area contributed by atoms with Gasteiger partial charge in [-0.05, 0) is 103 Å². The normalized spacial score (nSPS) is 11.1. The molecule has 0 bridgehead atoms. The van der Waals surface area contributed by atoms with Crippen LogP contribution in [-0.2, 0) is 15.6 Å². The van der Waals surface area contributed by atoms with E-state index in [2.05, 4.69) is 20.8 Å². The molecular formula is C43H44O8P2. The van der Waals surface area contributed by atoms with Crippen molar-refractivity contribution in [3.8, 4) is 34.5 Å². The minimum absolute atomic E-state index is 0.400. The molecule has 6 rings (SSSR count). The summed E-state index contributed by atoms with van der Waals surface area (Å²) < 4.78 is 60.5. The van der Waals surface area contributed by atoms with Crippen molar-refractivity contribution in [1.82, 2.24) is 0 Å². The van der Waals surface area contributed by atoms with Crippen LogP contribution in [0.5, 0.6) is 34.5 Å². The number of phosphoric ester groups is 2. The van der Waals surface area contributed by atoms with Crippen molar-refractivity contribution in [2.45, 2.75) is 46.0 Å². The van der Waals surface area contributed by atoms with Gasteiger partial charge in [-0.25, -0.2) is 0 Å². The lowest BCUT2D eigenvalue weighted by Gasteiger charge is -2.19. The molecule has 6 aromatic rings. The second-order valence-corrected chi connectivity index (χ2v) is 15.1. The van der Waals surface area contributed by atoms with Gasteiger partial charge in [0.15, 0.2) is 0 Å². The van der Waals surface area contributed by atoms with E-state index in [0.717, 1.165) is 24.8 Å². The molecule has 0 aliphatic carbocycles. The van der Waals surface area contributed by atoms with Gasteiger partial charge in [-0.1, -0.05) is 124 Å². The molecule has 0 heterocycles. The van der Waals surface area contributed by atoms with Crippen LogP contribution < -0.4 is 27.1 Å². The van der Waals surface area contributed by atoms with E-state index in [4.69, 9.17) is 27.1 Å². The zero-order valence-electron chi connectivity index (χ0n) is 30.0. The summed E-state index contributed by atoms with van der Waals surface area (Å²) in [4.78, 5) is 0. The molecule has 0 saturated carbocycles. The lowest BCUT2D eigenvalue weighted by Crippen LogP contribution is -2.07. The summed E-state index contributed by atoms with van der Waals surface area (Å²) in [5, 5.41) is 0. The largest absolute Gasteiger partial charge is 0.647 e. The van der Waals surface area contributed by atoms with Crippen LogP contribution in [0, 0.1) is 0 Å². The highest BCUT2D eigenvalue weighted by Crippen LogP contribution is 2.51. The molecular weight excluding hydrogens is 706 g/mol. The fourth-order valence-corrected chi connectivity index (χ4v) is 7.36. The maximum atomic E-state index is 13.4. The summed E-state index contributed by atoms with van der Waals surface area (Å²) in [5.74, 6) is 2.93. The van der Waals surface area contributed by atoms with Gasteiger partial charge in [0.05, 0.1) is 0 Å². The van der Waals surface area contributed by atoms with Crippen LogP contribution in [0.4, 0.5) is 0 Å². The maximum Gasteiger partial charge on any atom is 0.647 e. The smallest absolute Gasteiger partial charge is 0.386 e. The van der Waals surface area contributed by atoms with Crippen molar-refractivity contribution in [3.63, 3.8) is 0 Å². The van der Waals surface area contributed by atoms with Crippen molar-refractivity contribution in [3.05, 3.63) is 181 Å². The molecule has 0 saturated heterocycles. The summed E-state index contributed by atoms with van der Waals surface area (Å²) in [6.07, 6.45) is 3.14. The molecule has 0 unspecified atom stereocenters. The predicted molar refractivity (Wildman–Crippen MR) is 210 cm³/mol. The number of rotatable bonds is 16. The van der Waals surface area contributed by atoms with Gasteiger partial charge in [0.25, 0.3) is 0 Å². The van der Waals surface area contributed by atoms with Gasteiger partial charge < -0.3 is 27.1 Å². The maximum absolute atomic E-state index is 13.4. The number of para-hydroxylation sites is 4. The van der Waals surface area contributed by atoms with E-state index in [9.17, 15) is 9.13 Å². The highest BCUT2D eigenvalue weighted by Gasteiger charge is 2.34. The van der Waals surface area contributed by atoms with E-state index >= 15 is 0 Å². The van der Waals surface area contributed by atoms with Crippen LogP contribution in [0.2, 0.25) is 0 Å². The molecule has 10 heteroatoms. The molecule has 6 aromatic carbocycles. The van der Waals surface area contributed by atoms with Crippen LogP contribution in [0.15, 0.2) is 170 Å². The lowest BCUT2D eigenvalue weighted by atomic mass is 10.0. The molecule has 0 radical (unpaired) electrons. The first-order valence-electron chi connectivity index (χ1n) is 17.5. The van der Waals surface area contributed by atoms with Gasteiger partial charge >= 0.3 is 15.6 Å². The molecule has 0 amide bonds. The van der Waals surface area contributed by atoms with E-state index in [1.54, 1.807) is 115 Å². The Morgan fingerprint density at radius 3 is 1.13 bits per heavy atom. The molecule has 0 aliphatic heterocycles. The molecule has 53 heavy (non-hydrogen) atoms. The SMILES string of the molecule is CC(C)c1ccc(OP(=O)(Oc2ccccc2)Oc2ccccc2)cc1.CCCCc1cccc(OP(=O)(Oc2ccccc2)Oc2ccccc2)c1. The number of phosphoric acid groups is 2. The molecule has 0 spiro atoms. The standard InChI is InChI=1S/C22H23O4P.C21H21O4P/c1-2-3-11-19-12-10-17-22(18-19)26-27(23,24-20-13-6-4-7-14-20)25-21-15-8-5-9-16-21;1-17(2)18-13-15-21(16-14-18)25-26(22,23-19-9-5-3-6-10-19)24-20-11-7-4-8-12-20/h4-10,12-18H,2-3,11H2,1H3;3-17H,1-2H3. The second kappa shape index (κ2) is 19.4. The van der Waals surface area contributed by atoms with Crippen LogP contribution in [0.25, 0.3) is 0 Å². The molecule has 0 aromatic heterocycles. The Morgan fingerprint density at radius 1 is 0.434 bits per heavy atom. The number of hydrogen-bond donors (Lipinski definition) is 0. The fraction of sp³-hybridized carbons (Fsp3) is 0.163. The number of hydrogen-bond acceptors (Lipinski definition) is 8. The van der Waals surface area contributed by atoms with E-state index in [-0.39, 0.29) is 0 Å². The fourth-order valence-electron chi connectivity index (χ4n) is 4.86. The van der Waals surface area contributed by atoms with E-state index in [1.165, 1.54) is 5.56 Å². The lowest BCUT2D eigenvalue weighted by molar-refractivity contribution is 0.296. The Morgan fingerprint density at radius 2 is 0.774 bits per heavy atom. The first-order chi connectivity index (χ1) is 25.7. The Kier molecular flexibility index (Phi) is 14.2. The molecule has 0 aliphatic rings. The number of unbranched alkanes of at least 4 members (excludes halogenated alkanes) is 1. The van der Waals surface area contributed by atoms with Crippen molar-refractivity contribution in [2.24, 2.45) is 0 Å². The Balaban J connectivity index is 0.000000204.